The highest BCUT2D eigenvalue weighted by atomic mass is 32.1. The predicted molar refractivity (Wildman–Crippen MR) is 80.3 cm³/mol. The van der Waals surface area contributed by atoms with E-state index in [4.69, 9.17) is 0 Å². The smallest absolute Gasteiger partial charge is 0.00432 e. The number of thiol groups is 1. The van der Waals surface area contributed by atoms with E-state index in [0.29, 0.717) is 0 Å². The Labute approximate surface area is 111 Å². The molecule has 0 atom stereocenters. The van der Waals surface area contributed by atoms with Crippen molar-refractivity contribution in [1.82, 2.24) is 5.32 Å². The summed E-state index contributed by atoms with van der Waals surface area (Å²) in [5.74, 6) is 0.955. The van der Waals surface area contributed by atoms with Crippen LogP contribution in [-0.2, 0) is 5.41 Å². The second-order valence-electron chi connectivity index (χ2n) is 5.46. The Balaban J connectivity index is 2.71. The third-order valence-corrected chi connectivity index (χ3v) is 3.52. The molecule has 0 spiro atoms. The zero-order chi connectivity index (χ0) is 12.9. The summed E-state index contributed by atoms with van der Waals surface area (Å²) in [5, 5.41) is 3.52. The Kier molecular flexibility index (Phi) is 5.54. The third kappa shape index (κ3) is 4.36. The van der Waals surface area contributed by atoms with Crippen molar-refractivity contribution in [2.45, 2.75) is 39.5 Å². The fourth-order valence-corrected chi connectivity index (χ4v) is 2.32. The normalized spacial score (nSPS) is 11.8. The van der Waals surface area contributed by atoms with E-state index in [1.165, 1.54) is 16.7 Å². The van der Waals surface area contributed by atoms with Crippen LogP contribution in [0.1, 0.15) is 37.0 Å². The SMILES string of the molecule is Cc1ccc(C)c(C(C)(C)CNCCCS)c1. The maximum absolute atomic E-state index is 4.23. The average molecular weight is 251 g/mol. The highest BCUT2D eigenvalue weighted by Crippen LogP contribution is 2.26. The van der Waals surface area contributed by atoms with Crippen molar-refractivity contribution in [3.8, 4) is 0 Å². The molecule has 0 aromatic heterocycles. The minimum absolute atomic E-state index is 0.187. The van der Waals surface area contributed by atoms with Gasteiger partial charge in [0.1, 0.15) is 0 Å². The summed E-state index contributed by atoms with van der Waals surface area (Å²) in [4.78, 5) is 0. The van der Waals surface area contributed by atoms with Gasteiger partial charge in [0.05, 0.1) is 0 Å². The number of nitrogens with one attached hydrogen (secondary N) is 1. The van der Waals surface area contributed by atoms with Crippen molar-refractivity contribution in [3.63, 3.8) is 0 Å². The van der Waals surface area contributed by atoms with E-state index in [9.17, 15) is 0 Å². The molecule has 1 N–H and O–H groups in total. The second kappa shape index (κ2) is 6.46. The fraction of sp³-hybridized carbons (Fsp3) is 0.600. The molecular weight excluding hydrogens is 226 g/mol. The summed E-state index contributed by atoms with van der Waals surface area (Å²) in [6, 6.07) is 6.72. The van der Waals surface area contributed by atoms with Gasteiger partial charge in [-0.1, -0.05) is 37.6 Å². The van der Waals surface area contributed by atoms with E-state index in [0.717, 1.165) is 25.3 Å². The number of aryl methyl sites for hydroxylation is 2. The van der Waals surface area contributed by atoms with Crippen LogP contribution >= 0.6 is 12.6 Å². The largest absolute Gasteiger partial charge is 0.316 e. The molecule has 0 aliphatic carbocycles. The summed E-state index contributed by atoms with van der Waals surface area (Å²) in [7, 11) is 0. The quantitative estimate of drug-likeness (QED) is 0.582. The van der Waals surface area contributed by atoms with Crippen LogP contribution in [0.2, 0.25) is 0 Å². The minimum Gasteiger partial charge on any atom is -0.316 e. The van der Waals surface area contributed by atoms with E-state index in [1.54, 1.807) is 0 Å². The van der Waals surface area contributed by atoms with Crippen LogP contribution in [0.3, 0.4) is 0 Å². The van der Waals surface area contributed by atoms with Gasteiger partial charge in [-0.3, -0.25) is 0 Å². The van der Waals surface area contributed by atoms with Gasteiger partial charge in [-0.05, 0) is 43.7 Å². The fourth-order valence-electron chi connectivity index (χ4n) is 2.17. The molecule has 1 aromatic rings. The van der Waals surface area contributed by atoms with Crippen molar-refractivity contribution in [3.05, 3.63) is 34.9 Å². The topological polar surface area (TPSA) is 12.0 Å². The van der Waals surface area contributed by atoms with Gasteiger partial charge in [-0.25, -0.2) is 0 Å². The van der Waals surface area contributed by atoms with Gasteiger partial charge in [-0.15, -0.1) is 0 Å². The lowest BCUT2D eigenvalue weighted by molar-refractivity contribution is 0.468. The van der Waals surface area contributed by atoms with Crippen LogP contribution in [0.25, 0.3) is 0 Å². The van der Waals surface area contributed by atoms with E-state index < -0.39 is 0 Å². The highest BCUT2D eigenvalue weighted by Gasteiger charge is 2.21. The molecule has 0 fully saturated rings. The summed E-state index contributed by atoms with van der Waals surface area (Å²) < 4.78 is 0. The monoisotopic (exact) mass is 251 g/mol. The molecule has 96 valence electrons. The van der Waals surface area contributed by atoms with Gasteiger partial charge in [0, 0.05) is 12.0 Å². The molecule has 0 bridgehead atoms. The first-order chi connectivity index (χ1) is 7.97. The number of benzene rings is 1. The highest BCUT2D eigenvalue weighted by molar-refractivity contribution is 7.80. The molecule has 0 unspecified atom stereocenters. The number of hydrogen-bond acceptors (Lipinski definition) is 2. The first-order valence-corrected chi connectivity index (χ1v) is 7.00. The first kappa shape index (κ1) is 14.6. The van der Waals surface area contributed by atoms with Gasteiger partial charge in [0.25, 0.3) is 0 Å². The van der Waals surface area contributed by atoms with E-state index in [1.807, 2.05) is 0 Å². The second-order valence-corrected chi connectivity index (χ2v) is 5.90. The Morgan fingerprint density at radius 3 is 2.59 bits per heavy atom. The maximum atomic E-state index is 4.23. The van der Waals surface area contributed by atoms with Crippen LogP contribution in [0.15, 0.2) is 18.2 Å². The van der Waals surface area contributed by atoms with Gasteiger partial charge in [0.2, 0.25) is 0 Å². The van der Waals surface area contributed by atoms with Crippen LogP contribution in [-0.4, -0.2) is 18.8 Å². The summed E-state index contributed by atoms with van der Waals surface area (Å²) >= 11 is 4.23. The lowest BCUT2D eigenvalue weighted by Gasteiger charge is -2.28. The van der Waals surface area contributed by atoms with Crippen LogP contribution < -0.4 is 5.32 Å². The lowest BCUT2D eigenvalue weighted by atomic mass is 9.81. The third-order valence-electron chi connectivity index (χ3n) is 3.20. The molecule has 0 heterocycles. The Bertz CT molecular complexity index is 358. The molecule has 0 saturated carbocycles. The summed E-state index contributed by atoms with van der Waals surface area (Å²) in [6.07, 6.45) is 1.13. The van der Waals surface area contributed by atoms with Gasteiger partial charge < -0.3 is 5.32 Å². The van der Waals surface area contributed by atoms with Crippen molar-refractivity contribution >= 4 is 12.6 Å². The molecule has 0 aliphatic rings. The Hall–Kier alpha value is -0.470. The number of hydrogen-bond donors (Lipinski definition) is 2. The van der Waals surface area contributed by atoms with Crippen molar-refractivity contribution < 1.29 is 0 Å². The van der Waals surface area contributed by atoms with Crippen LogP contribution in [0.5, 0.6) is 0 Å². The molecule has 0 aliphatic heterocycles. The predicted octanol–water partition coefficient (Wildman–Crippen LogP) is 3.49. The van der Waals surface area contributed by atoms with E-state index >= 15 is 0 Å². The average Bonchev–Trinajstić information content (AvgIpc) is 2.28. The standard InChI is InChI=1S/C15H25NS/c1-12-6-7-13(2)14(10-12)15(3,4)11-16-8-5-9-17/h6-7,10,16-17H,5,8-9,11H2,1-4H3. The van der Waals surface area contributed by atoms with Crippen LogP contribution in [0.4, 0.5) is 0 Å². The molecule has 1 rings (SSSR count). The molecule has 2 heteroatoms. The zero-order valence-electron chi connectivity index (χ0n) is 11.5. The molecule has 1 nitrogen and oxygen atoms in total. The molecule has 1 aromatic carbocycles. The molecule has 0 saturated heterocycles. The summed E-state index contributed by atoms with van der Waals surface area (Å²) in [5.41, 5.74) is 4.37. The summed E-state index contributed by atoms with van der Waals surface area (Å²) in [6.45, 7) is 11.0. The maximum Gasteiger partial charge on any atom is 0.00432 e. The van der Waals surface area contributed by atoms with Gasteiger partial charge in [-0.2, -0.15) is 12.6 Å². The van der Waals surface area contributed by atoms with Crippen molar-refractivity contribution in [2.24, 2.45) is 0 Å². The van der Waals surface area contributed by atoms with Gasteiger partial charge in [0.15, 0.2) is 0 Å². The molecular formula is C15H25NS. The van der Waals surface area contributed by atoms with E-state index in [-0.39, 0.29) is 5.41 Å². The van der Waals surface area contributed by atoms with Gasteiger partial charge >= 0.3 is 0 Å². The Morgan fingerprint density at radius 1 is 1.24 bits per heavy atom. The van der Waals surface area contributed by atoms with Crippen molar-refractivity contribution in [1.29, 1.82) is 0 Å². The minimum atomic E-state index is 0.187. The molecule has 0 amide bonds. The van der Waals surface area contributed by atoms with Crippen LogP contribution in [0, 0.1) is 13.8 Å². The van der Waals surface area contributed by atoms with E-state index in [2.05, 4.69) is 63.8 Å². The van der Waals surface area contributed by atoms with Crippen molar-refractivity contribution in [2.75, 3.05) is 18.8 Å². The number of rotatable bonds is 6. The zero-order valence-corrected chi connectivity index (χ0v) is 12.4. The lowest BCUT2D eigenvalue weighted by Crippen LogP contribution is -2.34. The molecule has 0 radical (unpaired) electrons. The molecule has 17 heavy (non-hydrogen) atoms. The first-order valence-electron chi connectivity index (χ1n) is 6.36. The Morgan fingerprint density at radius 2 is 1.94 bits per heavy atom.